The summed E-state index contributed by atoms with van der Waals surface area (Å²) in [5.74, 6) is 0. The first kappa shape index (κ1) is 14.5. The van der Waals surface area contributed by atoms with E-state index in [1.54, 1.807) is 10.9 Å². The lowest BCUT2D eigenvalue weighted by atomic mass is 10.0. The van der Waals surface area contributed by atoms with Gasteiger partial charge in [0.1, 0.15) is 5.15 Å². The quantitative estimate of drug-likeness (QED) is 0.928. The number of hydrogen-bond acceptors (Lipinski definition) is 3. The Balaban J connectivity index is 2.32. The number of pyridine rings is 1. The maximum Gasteiger partial charge on any atom is 0.130 e. The van der Waals surface area contributed by atoms with Crippen LogP contribution in [0, 0.1) is 6.92 Å². The van der Waals surface area contributed by atoms with Crippen LogP contribution in [0.4, 0.5) is 0 Å². The Kier molecular flexibility index (Phi) is 4.60. The maximum absolute atomic E-state index is 6.28. The highest BCUT2D eigenvalue weighted by Gasteiger charge is 2.19. The minimum atomic E-state index is 0.0935. The highest BCUT2D eigenvalue weighted by Crippen LogP contribution is 2.28. The van der Waals surface area contributed by atoms with Crippen molar-refractivity contribution in [3.8, 4) is 0 Å². The van der Waals surface area contributed by atoms with Crippen LogP contribution < -0.4 is 5.32 Å². The van der Waals surface area contributed by atoms with Crippen LogP contribution in [0.15, 0.2) is 22.8 Å². The van der Waals surface area contributed by atoms with Crippen molar-refractivity contribution in [3.05, 3.63) is 44.9 Å². The first-order valence-corrected chi connectivity index (χ1v) is 7.17. The summed E-state index contributed by atoms with van der Waals surface area (Å²) in [5, 5.41) is 8.31. The largest absolute Gasteiger partial charge is 0.311 e. The van der Waals surface area contributed by atoms with Gasteiger partial charge in [-0.3, -0.25) is 9.67 Å². The molecule has 2 heterocycles. The summed E-state index contributed by atoms with van der Waals surface area (Å²) < 4.78 is 2.69. The summed E-state index contributed by atoms with van der Waals surface area (Å²) in [6.45, 7) is 1.97. The fourth-order valence-electron chi connectivity index (χ4n) is 2.10. The number of rotatable bonds is 4. The number of hydrogen-bond donors (Lipinski definition) is 1. The second-order valence-electron chi connectivity index (χ2n) is 4.39. The number of nitrogens with one attached hydrogen (secondary N) is 1. The van der Waals surface area contributed by atoms with E-state index in [2.05, 4.69) is 31.3 Å². The van der Waals surface area contributed by atoms with Crippen LogP contribution in [0.1, 0.15) is 23.0 Å². The van der Waals surface area contributed by atoms with Crippen molar-refractivity contribution in [1.82, 2.24) is 20.1 Å². The van der Waals surface area contributed by atoms with Gasteiger partial charge < -0.3 is 5.32 Å². The van der Waals surface area contributed by atoms with Gasteiger partial charge in [0.05, 0.1) is 17.4 Å². The van der Waals surface area contributed by atoms with E-state index in [1.807, 2.05) is 33.2 Å². The van der Waals surface area contributed by atoms with Gasteiger partial charge in [-0.25, -0.2) is 0 Å². The third-order valence-corrected chi connectivity index (χ3v) is 4.29. The maximum atomic E-state index is 6.28. The third-order valence-electron chi connectivity index (χ3n) is 3.14. The number of nitrogens with zero attached hydrogens (tertiary/aromatic N) is 3. The molecule has 0 aliphatic heterocycles. The Morgan fingerprint density at radius 1 is 1.53 bits per heavy atom. The molecule has 2 rings (SSSR count). The van der Waals surface area contributed by atoms with Gasteiger partial charge in [0.25, 0.3) is 0 Å². The zero-order valence-corrected chi connectivity index (χ0v) is 13.5. The predicted octanol–water partition coefficient (Wildman–Crippen LogP) is 3.04. The van der Waals surface area contributed by atoms with Gasteiger partial charge in [-0.05, 0) is 48.5 Å². The van der Waals surface area contributed by atoms with E-state index in [4.69, 9.17) is 11.6 Å². The second kappa shape index (κ2) is 6.03. The van der Waals surface area contributed by atoms with Crippen molar-refractivity contribution in [3.63, 3.8) is 0 Å². The van der Waals surface area contributed by atoms with E-state index in [1.165, 1.54) is 0 Å². The lowest BCUT2D eigenvalue weighted by Crippen LogP contribution is -2.20. The van der Waals surface area contributed by atoms with Gasteiger partial charge in [0.15, 0.2) is 0 Å². The summed E-state index contributed by atoms with van der Waals surface area (Å²) in [6, 6.07) is 3.99. The summed E-state index contributed by atoms with van der Waals surface area (Å²) in [4.78, 5) is 4.43. The monoisotopic (exact) mass is 342 g/mol. The Morgan fingerprint density at radius 2 is 2.26 bits per heavy atom. The molecule has 4 nitrogen and oxygen atoms in total. The molecular weight excluding hydrogens is 328 g/mol. The average Bonchev–Trinajstić information content (AvgIpc) is 2.63. The van der Waals surface area contributed by atoms with Gasteiger partial charge in [-0.15, -0.1) is 0 Å². The van der Waals surface area contributed by atoms with Crippen molar-refractivity contribution in [2.45, 2.75) is 19.4 Å². The topological polar surface area (TPSA) is 42.7 Å². The van der Waals surface area contributed by atoms with Crippen molar-refractivity contribution in [2.75, 3.05) is 7.05 Å². The van der Waals surface area contributed by atoms with Gasteiger partial charge in [0.2, 0.25) is 0 Å². The fourth-order valence-corrected chi connectivity index (χ4v) is 2.88. The molecule has 0 aliphatic rings. The lowest BCUT2D eigenvalue weighted by molar-refractivity contribution is 0.572. The van der Waals surface area contributed by atoms with Gasteiger partial charge in [-0.2, -0.15) is 5.10 Å². The van der Waals surface area contributed by atoms with Crippen LogP contribution in [0.3, 0.4) is 0 Å². The Hall–Kier alpha value is -0.910. The summed E-state index contributed by atoms with van der Waals surface area (Å²) in [5.41, 5.74) is 2.99. The van der Waals surface area contributed by atoms with E-state index in [0.717, 1.165) is 27.8 Å². The Bertz CT molecular complexity index is 582. The molecule has 0 radical (unpaired) electrons. The number of likely N-dealkylation sites (N-methyl/N-ethyl adjacent to an activating group) is 1. The molecule has 0 saturated carbocycles. The van der Waals surface area contributed by atoms with Crippen LogP contribution in [0.2, 0.25) is 5.15 Å². The van der Waals surface area contributed by atoms with Gasteiger partial charge >= 0.3 is 0 Å². The molecular formula is C13H16BrClN4. The molecule has 19 heavy (non-hydrogen) atoms. The smallest absolute Gasteiger partial charge is 0.130 e. The summed E-state index contributed by atoms with van der Waals surface area (Å²) in [6.07, 6.45) is 2.55. The highest BCUT2D eigenvalue weighted by atomic mass is 79.9. The zero-order chi connectivity index (χ0) is 14.0. The van der Waals surface area contributed by atoms with Crippen molar-refractivity contribution < 1.29 is 0 Å². The van der Waals surface area contributed by atoms with Crippen LogP contribution >= 0.6 is 27.5 Å². The molecule has 0 aliphatic carbocycles. The molecule has 6 heteroatoms. The van der Waals surface area contributed by atoms with Gasteiger partial charge in [-0.1, -0.05) is 11.6 Å². The van der Waals surface area contributed by atoms with Crippen LogP contribution in [0.25, 0.3) is 0 Å². The first-order valence-electron chi connectivity index (χ1n) is 6.00. The summed E-state index contributed by atoms with van der Waals surface area (Å²) in [7, 11) is 3.77. The standard InChI is InChI=1S/C13H16BrClN4/c1-8-9(13(15)19(3)18-8)7-11(16-2)12-10(14)5-4-6-17-12/h4-6,11,16H,7H2,1-3H3. The summed E-state index contributed by atoms with van der Waals surface area (Å²) >= 11 is 9.82. The molecule has 1 unspecified atom stereocenters. The predicted molar refractivity (Wildman–Crippen MR) is 80.4 cm³/mol. The van der Waals surface area contributed by atoms with E-state index in [9.17, 15) is 0 Å². The number of aryl methyl sites for hydroxylation is 2. The molecule has 0 saturated heterocycles. The lowest BCUT2D eigenvalue weighted by Gasteiger charge is -2.17. The van der Waals surface area contributed by atoms with E-state index < -0.39 is 0 Å². The molecule has 2 aromatic rings. The minimum absolute atomic E-state index is 0.0935. The number of aromatic nitrogens is 3. The Labute approximate surface area is 126 Å². The molecule has 0 aromatic carbocycles. The normalized spacial score (nSPS) is 12.7. The molecule has 102 valence electrons. The van der Waals surface area contributed by atoms with Crippen molar-refractivity contribution in [2.24, 2.45) is 7.05 Å². The van der Waals surface area contributed by atoms with Crippen molar-refractivity contribution >= 4 is 27.5 Å². The molecule has 1 atom stereocenters. The van der Waals surface area contributed by atoms with Crippen LogP contribution in [-0.4, -0.2) is 21.8 Å². The molecule has 2 aromatic heterocycles. The molecule has 0 amide bonds. The molecule has 0 bridgehead atoms. The molecule has 0 fully saturated rings. The van der Waals surface area contributed by atoms with Crippen molar-refractivity contribution in [1.29, 1.82) is 0 Å². The van der Waals surface area contributed by atoms with E-state index in [0.29, 0.717) is 5.15 Å². The molecule has 0 spiro atoms. The average molecular weight is 344 g/mol. The second-order valence-corrected chi connectivity index (χ2v) is 5.61. The van der Waals surface area contributed by atoms with E-state index in [-0.39, 0.29) is 6.04 Å². The molecule has 1 N–H and O–H groups in total. The fraction of sp³-hybridized carbons (Fsp3) is 0.385. The SMILES string of the molecule is CNC(Cc1c(C)nn(C)c1Cl)c1ncccc1Br. The van der Waals surface area contributed by atoms with Crippen LogP contribution in [-0.2, 0) is 13.5 Å². The third kappa shape index (κ3) is 2.99. The van der Waals surface area contributed by atoms with Crippen LogP contribution in [0.5, 0.6) is 0 Å². The highest BCUT2D eigenvalue weighted by molar-refractivity contribution is 9.10. The van der Waals surface area contributed by atoms with E-state index >= 15 is 0 Å². The minimum Gasteiger partial charge on any atom is -0.311 e. The van der Waals surface area contributed by atoms with Gasteiger partial charge in [0, 0.05) is 23.3 Å². The first-order chi connectivity index (χ1) is 9.04. The Morgan fingerprint density at radius 3 is 2.79 bits per heavy atom. The zero-order valence-electron chi connectivity index (χ0n) is 11.1. The number of halogens is 2.